The molecular formula is C14H12Br3NO. The topological polar surface area (TPSA) is 32.3 Å². The first-order valence-corrected chi connectivity index (χ1v) is 8.03. The van der Waals surface area contributed by atoms with Gasteiger partial charge in [0, 0.05) is 16.7 Å². The highest BCUT2D eigenvalue weighted by Gasteiger charge is 2.06. The van der Waals surface area contributed by atoms with E-state index in [1.165, 1.54) is 5.56 Å². The maximum absolute atomic E-state index is 9.68. The molecule has 0 fully saturated rings. The van der Waals surface area contributed by atoms with Gasteiger partial charge in [-0.25, -0.2) is 0 Å². The van der Waals surface area contributed by atoms with E-state index in [2.05, 4.69) is 60.0 Å². The zero-order valence-corrected chi connectivity index (χ0v) is 14.9. The van der Waals surface area contributed by atoms with E-state index in [-0.39, 0.29) is 5.75 Å². The van der Waals surface area contributed by atoms with Crippen LogP contribution in [0.15, 0.2) is 43.7 Å². The fourth-order valence-corrected chi connectivity index (χ4v) is 3.36. The van der Waals surface area contributed by atoms with Crippen LogP contribution in [-0.2, 0) is 6.54 Å². The lowest BCUT2D eigenvalue weighted by Gasteiger charge is -2.12. The second-order valence-electron chi connectivity index (χ2n) is 4.17. The summed E-state index contributed by atoms with van der Waals surface area (Å²) in [5, 5.41) is 13.1. The molecule has 0 saturated heterocycles. The number of halogens is 3. The van der Waals surface area contributed by atoms with Crippen molar-refractivity contribution in [1.29, 1.82) is 0 Å². The Hall–Kier alpha value is -0.520. The summed E-state index contributed by atoms with van der Waals surface area (Å²) in [7, 11) is 0. The number of aromatic hydroxyl groups is 1. The Bertz CT molecular complexity index is 591. The number of phenolic OH excluding ortho intramolecular Hbond substituents is 1. The third-order valence-corrected chi connectivity index (χ3v) is 4.90. The van der Waals surface area contributed by atoms with Gasteiger partial charge in [0.2, 0.25) is 0 Å². The normalized spacial score (nSPS) is 10.5. The van der Waals surface area contributed by atoms with Gasteiger partial charge in [-0.2, -0.15) is 0 Å². The highest BCUT2D eigenvalue weighted by Crippen LogP contribution is 2.33. The van der Waals surface area contributed by atoms with Crippen LogP contribution in [0.3, 0.4) is 0 Å². The minimum absolute atomic E-state index is 0.224. The van der Waals surface area contributed by atoms with Crippen LogP contribution in [0.25, 0.3) is 0 Å². The Morgan fingerprint density at radius 2 is 1.68 bits per heavy atom. The highest BCUT2D eigenvalue weighted by molar-refractivity contribution is 9.11. The average molecular weight is 450 g/mol. The standard InChI is InChI=1S/C14H12Br3NO/c1-8-10(15)3-2-4-13(8)18-7-9-5-11(16)14(19)12(17)6-9/h2-6,18-19H,7H2,1H3. The summed E-state index contributed by atoms with van der Waals surface area (Å²) in [4.78, 5) is 0. The molecule has 0 spiro atoms. The molecule has 0 saturated carbocycles. The first-order valence-electron chi connectivity index (χ1n) is 5.65. The molecule has 0 atom stereocenters. The van der Waals surface area contributed by atoms with E-state index in [1.807, 2.05) is 30.3 Å². The Balaban J connectivity index is 2.17. The van der Waals surface area contributed by atoms with E-state index in [1.54, 1.807) is 0 Å². The predicted octanol–water partition coefficient (Wildman–Crippen LogP) is 5.60. The number of nitrogens with one attached hydrogen (secondary N) is 1. The molecule has 0 heterocycles. The van der Waals surface area contributed by atoms with Gasteiger partial charge >= 0.3 is 0 Å². The van der Waals surface area contributed by atoms with Crippen molar-refractivity contribution in [1.82, 2.24) is 0 Å². The molecular weight excluding hydrogens is 438 g/mol. The van der Waals surface area contributed by atoms with Crippen LogP contribution in [0.4, 0.5) is 5.69 Å². The number of rotatable bonds is 3. The summed E-state index contributed by atoms with van der Waals surface area (Å²) in [5.41, 5.74) is 3.35. The Labute approximate surface area is 137 Å². The minimum Gasteiger partial charge on any atom is -0.506 e. The number of hydrogen-bond acceptors (Lipinski definition) is 2. The lowest BCUT2D eigenvalue weighted by atomic mass is 10.1. The number of benzene rings is 2. The molecule has 0 radical (unpaired) electrons. The quantitative estimate of drug-likeness (QED) is 0.639. The van der Waals surface area contributed by atoms with Crippen molar-refractivity contribution in [3.8, 4) is 5.75 Å². The van der Waals surface area contributed by atoms with Gasteiger partial charge in [0.25, 0.3) is 0 Å². The van der Waals surface area contributed by atoms with Crippen molar-refractivity contribution < 1.29 is 5.11 Å². The zero-order chi connectivity index (χ0) is 14.0. The van der Waals surface area contributed by atoms with Gasteiger partial charge in [-0.15, -0.1) is 0 Å². The van der Waals surface area contributed by atoms with Crippen molar-refractivity contribution in [3.63, 3.8) is 0 Å². The van der Waals surface area contributed by atoms with Crippen LogP contribution in [0.1, 0.15) is 11.1 Å². The maximum atomic E-state index is 9.68. The molecule has 0 aliphatic carbocycles. The smallest absolute Gasteiger partial charge is 0.143 e. The first kappa shape index (κ1) is 14.9. The van der Waals surface area contributed by atoms with Crippen LogP contribution in [0.2, 0.25) is 0 Å². The number of anilines is 1. The molecule has 19 heavy (non-hydrogen) atoms. The van der Waals surface area contributed by atoms with Gasteiger partial charge in [0.05, 0.1) is 8.95 Å². The maximum Gasteiger partial charge on any atom is 0.143 e. The van der Waals surface area contributed by atoms with Crippen molar-refractivity contribution >= 4 is 53.5 Å². The SMILES string of the molecule is Cc1c(Br)cccc1NCc1cc(Br)c(O)c(Br)c1. The number of hydrogen-bond donors (Lipinski definition) is 2. The number of phenols is 1. The molecule has 2 aromatic rings. The van der Waals surface area contributed by atoms with E-state index in [4.69, 9.17) is 0 Å². The second-order valence-corrected chi connectivity index (χ2v) is 6.74. The van der Waals surface area contributed by atoms with E-state index in [0.717, 1.165) is 15.7 Å². The molecule has 2 aromatic carbocycles. The van der Waals surface area contributed by atoms with E-state index in [9.17, 15) is 5.11 Å². The molecule has 0 unspecified atom stereocenters. The van der Waals surface area contributed by atoms with Crippen molar-refractivity contribution in [2.75, 3.05) is 5.32 Å². The van der Waals surface area contributed by atoms with Gasteiger partial charge in [0.1, 0.15) is 5.75 Å². The summed E-state index contributed by atoms with van der Waals surface area (Å²) in [5.74, 6) is 0.224. The third kappa shape index (κ3) is 3.52. The largest absolute Gasteiger partial charge is 0.506 e. The minimum atomic E-state index is 0.224. The summed E-state index contributed by atoms with van der Waals surface area (Å²) >= 11 is 10.2. The Kier molecular flexibility index (Phi) is 4.92. The molecule has 0 aromatic heterocycles. The van der Waals surface area contributed by atoms with Crippen LogP contribution >= 0.6 is 47.8 Å². The van der Waals surface area contributed by atoms with Crippen LogP contribution in [0.5, 0.6) is 5.75 Å². The monoisotopic (exact) mass is 447 g/mol. The molecule has 0 aliphatic rings. The highest BCUT2D eigenvalue weighted by atomic mass is 79.9. The van der Waals surface area contributed by atoms with Gasteiger partial charge in [-0.3, -0.25) is 0 Å². The molecule has 0 aliphatic heterocycles. The van der Waals surface area contributed by atoms with Gasteiger partial charge in [0.15, 0.2) is 0 Å². The summed E-state index contributed by atoms with van der Waals surface area (Å²) in [6.07, 6.45) is 0. The Morgan fingerprint density at radius 1 is 1.05 bits per heavy atom. The molecule has 2 N–H and O–H groups in total. The molecule has 2 nitrogen and oxygen atoms in total. The zero-order valence-electron chi connectivity index (χ0n) is 10.2. The molecule has 5 heteroatoms. The first-order chi connectivity index (χ1) is 8.99. The van der Waals surface area contributed by atoms with E-state index >= 15 is 0 Å². The molecule has 2 rings (SSSR count). The van der Waals surface area contributed by atoms with Gasteiger partial charge in [-0.1, -0.05) is 22.0 Å². The lowest BCUT2D eigenvalue weighted by Crippen LogP contribution is -2.01. The predicted molar refractivity (Wildman–Crippen MR) is 89.7 cm³/mol. The van der Waals surface area contributed by atoms with E-state index in [0.29, 0.717) is 15.5 Å². The van der Waals surface area contributed by atoms with Crippen molar-refractivity contribution in [2.24, 2.45) is 0 Å². The average Bonchev–Trinajstić information content (AvgIpc) is 2.37. The fourth-order valence-electron chi connectivity index (χ4n) is 1.72. The summed E-state index contributed by atoms with van der Waals surface area (Å²) in [6.45, 7) is 2.75. The summed E-state index contributed by atoms with van der Waals surface area (Å²) in [6, 6.07) is 9.88. The molecule has 0 amide bonds. The van der Waals surface area contributed by atoms with Gasteiger partial charge in [-0.05, 0) is 74.2 Å². The van der Waals surface area contributed by atoms with Gasteiger partial charge < -0.3 is 10.4 Å². The summed E-state index contributed by atoms with van der Waals surface area (Å²) < 4.78 is 2.46. The third-order valence-electron chi connectivity index (χ3n) is 2.83. The van der Waals surface area contributed by atoms with Crippen molar-refractivity contribution in [2.45, 2.75) is 13.5 Å². The van der Waals surface area contributed by atoms with Crippen LogP contribution < -0.4 is 5.32 Å². The Morgan fingerprint density at radius 3 is 2.32 bits per heavy atom. The van der Waals surface area contributed by atoms with Crippen LogP contribution in [-0.4, -0.2) is 5.11 Å². The molecule has 100 valence electrons. The van der Waals surface area contributed by atoms with Crippen molar-refractivity contribution in [3.05, 3.63) is 54.9 Å². The van der Waals surface area contributed by atoms with E-state index < -0.39 is 0 Å². The second kappa shape index (κ2) is 6.29. The van der Waals surface area contributed by atoms with Crippen LogP contribution in [0, 0.1) is 6.92 Å². The molecule has 0 bridgehead atoms. The lowest BCUT2D eigenvalue weighted by molar-refractivity contribution is 0.468. The fraction of sp³-hybridized carbons (Fsp3) is 0.143.